The van der Waals surface area contributed by atoms with Crippen LogP contribution in [0.15, 0.2) is 78.9 Å². The van der Waals surface area contributed by atoms with Gasteiger partial charge >= 0.3 is 0 Å². The van der Waals surface area contributed by atoms with Gasteiger partial charge in [0.1, 0.15) is 0 Å². The molecule has 0 aliphatic heterocycles. The molecule has 0 radical (unpaired) electrons. The maximum absolute atomic E-state index is 3.62. The molecule has 0 spiro atoms. The van der Waals surface area contributed by atoms with Crippen LogP contribution in [0.4, 0.5) is 0 Å². The van der Waals surface area contributed by atoms with Crippen molar-refractivity contribution in [2.45, 2.75) is 26.2 Å². The van der Waals surface area contributed by atoms with Gasteiger partial charge in [-0.1, -0.05) is 93.6 Å². The van der Waals surface area contributed by atoms with Crippen LogP contribution in [0, 0.1) is 0 Å². The van der Waals surface area contributed by atoms with Crippen molar-refractivity contribution in [3.8, 4) is 22.4 Å². The fraction of sp³-hybridized carbons (Fsp3) is 0.167. The molecule has 0 saturated heterocycles. The van der Waals surface area contributed by atoms with Crippen LogP contribution in [0.1, 0.15) is 26.3 Å². The average Bonchev–Trinajstić information content (AvgIpc) is 3.01. The van der Waals surface area contributed by atoms with Gasteiger partial charge in [0.15, 0.2) is 0 Å². The Bertz CT molecular complexity index is 1000. The van der Waals surface area contributed by atoms with Crippen molar-refractivity contribution in [1.29, 1.82) is 0 Å². The fourth-order valence-corrected chi connectivity index (χ4v) is 3.40. The van der Waals surface area contributed by atoms with Crippen LogP contribution in [0.5, 0.6) is 0 Å². The van der Waals surface area contributed by atoms with E-state index in [1.165, 1.54) is 38.9 Å². The zero-order valence-corrected chi connectivity index (χ0v) is 15.0. The third-order valence-electron chi connectivity index (χ3n) is 4.81. The number of rotatable bonds is 2. The number of aromatic nitrogens is 1. The molecule has 1 aromatic heterocycles. The van der Waals surface area contributed by atoms with Crippen LogP contribution in [-0.4, -0.2) is 4.98 Å². The molecular weight excluding hydrogens is 302 g/mol. The van der Waals surface area contributed by atoms with E-state index >= 15 is 0 Å². The van der Waals surface area contributed by atoms with E-state index in [1.807, 2.05) is 0 Å². The van der Waals surface area contributed by atoms with E-state index in [0.29, 0.717) is 0 Å². The van der Waals surface area contributed by atoms with Gasteiger partial charge in [0.2, 0.25) is 0 Å². The second kappa shape index (κ2) is 5.93. The van der Waals surface area contributed by atoms with Crippen molar-refractivity contribution in [2.75, 3.05) is 0 Å². The SMILES string of the molecule is CC(C)(C)c1ccc(-c2c(-c3ccccc3)[nH]c3ccccc23)cc1. The molecule has 1 heteroatoms. The van der Waals surface area contributed by atoms with Gasteiger partial charge in [-0.15, -0.1) is 0 Å². The number of fused-ring (bicyclic) bond motifs is 1. The Hall–Kier alpha value is -2.80. The summed E-state index contributed by atoms with van der Waals surface area (Å²) < 4.78 is 0. The number of hydrogen-bond acceptors (Lipinski definition) is 0. The molecule has 1 N–H and O–H groups in total. The molecule has 1 nitrogen and oxygen atoms in total. The minimum absolute atomic E-state index is 0.168. The first kappa shape index (κ1) is 15.7. The molecule has 4 aromatic rings. The second-order valence-corrected chi connectivity index (χ2v) is 7.61. The molecule has 0 aliphatic rings. The molecule has 0 saturated carbocycles. The van der Waals surface area contributed by atoms with Crippen LogP contribution in [0.25, 0.3) is 33.3 Å². The second-order valence-electron chi connectivity index (χ2n) is 7.61. The van der Waals surface area contributed by atoms with E-state index in [0.717, 1.165) is 0 Å². The Morgan fingerprint density at radius 3 is 1.96 bits per heavy atom. The average molecular weight is 325 g/mol. The molecule has 1 heterocycles. The maximum atomic E-state index is 3.62. The van der Waals surface area contributed by atoms with Crippen LogP contribution in [0.3, 0.4) is 0 Å². The standard InChI is InChI=1S/C24H23N/c1-24(2,3)19-15-13-17(14-16-19)22-20-11-7-8-12-21(20)25-23(22)18-9-5-4-6-10-18/h4-16,25H,1-3H3. The maximum Gasteiger partial charge on any atom is 0.0544 e. The van der Waals surface area contributed by atoms with Gasteiger partial charge < -0.3 is 4.98 Å². The Morgan fingerprint density at radius 2 is 1.28 bits per heavy atom. The molecule has 0 atom stereocenters. The summed E-state index contributed by atoms with van der Waals surface area (Å²) in [6, 6.07) is 28.1. The van der Waals surface area contributed by atoms with Crippen molar-refractivity contribution in [2.24, 2.45) is 0 Å². The van der Waals surface area contributed by atoms with Gasteiger partial charge in [0, 0.05) is 16.5 Å². The number of benzene rings is 3. The van der Waals surface area contributed by atoms with E-state index in [2.05, 4.69) is 105 Å². The Kier molecular flexibility index (Phi) is 3.73. The molecular formula is C24H23N. The highest BCUT2D eigenvalue weighted by atomic mass is 14.7. The van der Waals surface area contributed by atoms with E-state index < -0.39 is 0 Å². The summed E-state index contributed by atoms with van der Waals surface area (Å²) in [4.78, 5) is 3.62. The van der Waals surface area contributed by atoms with Gasteiger partial charge in [-0.05, 0) is 28.2 Å². The summed E-state index contributed by atoms with van der Waals surface area (Å²) in [5.74, 6) is 0. The van der Waals surface area contributed by atoms with Gasteiger partial charge in [-0.25, -0.2) is 0 Å². The largest absolute Gasteiger partial charge is 0.354 e. The highest BCUT2D eigenvalue weighted by Crippen LogP contribution is 2.38. The molecule has 0 unspecified atom stereocenters. The van der Waals surface area contributed by atoms with E-state index in [4.69, 9.17) is 0 Å². The van der Waals surface area contributed by atoms with Crippen LogP contribution >= 0.6 is 0 Å². The summed E-state index contributed by atoms with van der Waals surface area (Å²) in [5.41, 5.74) is 7.64. The predicted molar refractivity (Wildman–Crippen MR) is 108 cm³/mol. The van der Waals surface area contributed by atoms with E-state index in [9.17, 15) is 0 Å². The molecule has 0 bridgehead atoms. The third kappa shape index (κ3) is 2.87. The number of para-hydroxylation sites is 1. The van der Waals surface area contributed by atoms with Crippen molar-refractivity contribution in [3.63, 3.8) is 0 Å². The molecule has 0 amide bonds. The molecule has 0 aliphatic carbocycles. The highest BCUT2D eigenvalue weighted by Gasteiger charge is 2.17. The first-order valence-electron chi connectivity index (χ1n) is 8.81. The number of nitrogens with one attached hydrogen (secondary N) is 1. The minimum Gasteiger partial charge on any atom is -0.354 e. The zero-order valence-electron chi connectivity index (χ0n) is 15.0. The minimum atomic E-state index is 0.168. The van der Waals surface area contributed by atoms with Crippen molar-refractivity contribution >= 4 is 10.9 Å². The Labute approximate surface area is 149 Å². The lowest BCUT2D eigenvalue weighted by Crippen LogP contribution is -2.10. The lowest BCUT2D eigenvalue weighted by molar-refractivity contribution is 0.590. The van der Waals surface area contributed by atoms with Gasteiger partial charge in [0.05, 0.1) is 5.69 Å². The normalized spacial score (nSPS) is 11.8. The van der Waals surface area contributed by atoms with Crippen molar-refractivity contribution < 1.29 is 0 Å². The van der Waals surface area contributed by atoms with Crippen molar-refractivity contribution in [1.82, 2.24) is 4.98 Å². The van der Waals surface area contributed by atoms with E-state index in [1.54, 1.807) is 0 Å². The quantitative estimate of drug-likeness (QED) is 0.417. The molecule has 124 valence electrons. The number of H-pyrrole nitrogens is 1. The van der Waals surface area contributed by atoms with Gasteiger partial charge in [0.25, 0.3) is 0 Å². The Balaban J connectivity index is 1.94. The van der Waals surface area contributed by atoms with E-state index in [-0.39, 0.29) is 5.41 Å². The van der Waals surface area contributed by atoms with Gasteiger partial charge in [-0.2, -0.15) is 0 Å². The first-order valence-corrected chi connectivity index (χ1v) is 8.81. The summed E-state index contributed by atoms with van der Waals surface area (Å²) >= 11 is 0. The smallest absolute Gasteiger partial charge is 0.0544 e. The molecule has 0 fully saturated rings. The van der Waals surface area contributed by atoms with Crippen LogP contribution < -0.4 is 0 Å². The highest BCUT2D eigenvalue weighted by molar-refractivity contribution is 6.03. The summed E-state index contributed by atoms with van der Waals surface area (Å²) in [5, 5.41) is 1.27. The van der Waals surface area contributed by atoms with Crippen LogP contribution in [-0.2, 0) is 5.41 Å². The monoisotopic (exact) mass is 325 g/mol. The lowest BCUT2D eigenvalue weighted by Gasteiger charge is -2.19. The molecule has 4 rings (SSSR count). The van der Waals surface area contributed by atoms with Crippen molar-refractivity contribution in [3.05, 3.63) is 84.4 Å². The van der Waals surface area contributed by atoms with Gasteiger partial charge in [-0.3, -0.25) is 0 Å². The topological polar surface area (TPSA) is 15.8 Å². The number of aromatic amines is 1. The number of hydrogen-bond donors (Lipinski definition) is 1. The summed E-state index contributed by atoms with van der Waals surface area (Å²) in [6.07, 6.45) is 0. The third-order valence-corrected chi connectivity index (χ3v) is 4.81. The summed E-state index contributed by atoms with van der Waals surface area (Å²) in [7, 11) is 0. The first-order chi connectivity index (χ1) is 12.0. The lowest BCUT2D eigenvalue weighted by atomic mass is 9.86. The predicted octanol–water partition coefficient (Wildman–Crippen LogP) is 6.80. The fourth-order valence-electron chi connectivity index (χ4n) is 3.40. The Morgan fingerprint density at radius 1 is 0.640 bits per heavy atom. The molecule has 3 aromatic carbocycles. The van der Waals surface area contributed by atoms with Crippen LogP contribution in [0.2, 0.25) is 0 Å². The zero-order chi connectivity index (χ0) is 17.4. The molecule has 25 heavy (non-hydrogen) atoms. The summed E-state index contributed by atoms with van der Waals surface area (Å²) in [6.45, 7) is 6.76.